The van der Waals surface area contributed by atoms with E-state index in [-0.39, 0.29) is 17.7 Å². The van der Waals surface area contributed by atoms with Crippen LogP contribution in [0.2, 0.25) is 0 Å². The summed E-state index contributed by atoms with van der Waals surface area (Å²) in [7, 11) is 0. The summed E-state index contributed by atoms with van der Waals surface area (Å²) in [6.07, 6.45) is 7.06. The van der Waals surface area contributed by atoms with E-state index in [1.165, 1.54) is 12.7 Å². The number of oxazole rings is 1. The Morgan fingerprint density at radius 2 is 2.32 bits per heavy atom. The maximum atomic E-state index is 12.3. The fourth-order valence-electron chi connectivity index (χ4n) is 3.52. The second-order valence-corrected chi connectivity index (χ2v) is 6.76. The second kappa shape index (κ2) is 6.97. The topological polar surface area (TPSA) is 96.4 Å². The number of aromatic nitrogens is 3. The molecule has 1 fully saturated rings. The van der Waals surface area contributed by atoms with Crippen molar-refractivity contribution in [2.45, 2.75) is 51.4 Å². The summed E-state index contributed by atoms with van der Waals surface area (Å²) >= 11 is 0. The van der Waals surface area contributed by atoms with Crippen LogP contribution < -0.4 is 5.32 Å². The average Bonchev–Trinajstić information content (AvgIpc) is 3.33. The molecular weight excluding hydrogens is 322 g/mol. The SMILES string of the molecule is O=C(NCc1cnc2n1CCCC2)c1coc(CN2CC[C@H](O)C2)n1. The van der Waals surface area contributed by atoms with E-state index >= 15 is 0 Å². The van der Waals surface area contributed by atoms with Crippen molar-refractivity contribution in [2.24, 2.45) is 0 Å². The van der Waals surface area contributed by atoms with Crippen molar-refractivity contribution in [2.75, 3.05) is 13.1 Å². The minimum Gasteiger partial charge on any atom is -0.447 e. The van der Waals surface area contributed by atoms with Gasteiger partial charge in [0.1, 0.15) is 12.1 Å². The van der Waals surface area contributed by atoms with Crippen molar-refractivity contribution < 1.29 is 14.3 Å². The number of rotatable bonds is 5. The highest BCUT2D eigenvalue weighted by Crippen LogP contribution is 2.16. The lowest BCUT2D eigenvalue weighted by Crippen LogP contribution is -2.26. The van der Waals surface area contributed by atoms with Crippen LogP contribution in [0, 0.1) is 0 Å². The van der Waals surface area contributed by atoms with Gasteiger partial charge in [-0.05, 0) is 19.3 Å². The van der Waals surface area contributed by atoms with Crippen LogP contribution in [-0.4, -0.2) is 49.6 Å². The van der Waals surface area contributed by atoms with Gasteiger partial charge in [-0.15, -0.1) is 0 Å². The lowest BCUT2D eigenvalue weighted by Gasteiger charge is -2.16. The lowest BCUT2D eigenvalue weighted by molar-refractivity contribution is 0.0944. The minimum absolute atomic E-state index is 0.247. The van der Waals surface area contributed by atoms with Crippen LogP contribution >= 0.6 is 0 Å². The molecule has 8 nitrogen and oxygen atoms in total. The van der Waals surface area contributed by atoms with E-state index in [1.807, 2.05) is 6.20 Å². The molecule has 2 aromatic rings. The fourth-order valence-corrected chi connectivity index (χ4v) is 3.52. The number of carbonyl (C=O) groups is 1. The first-order valence-electron chi connectivity index (χ1n) is 8.85. The second-order valence-electron chi connectivity index (χ2n) is 6.76. The monoisotopic (exact) mass is 345 g/mol. The molecule has 1 saturated heterocycles. The van der Waals surface area contributed by atoms with Crippen LogP contribution in [0.1, 0.15) is 47.2 Å². The Bertz CT molecular complexity index is 753. The molecule has 4 heterocycles. The largest absolute Gasteiger partial charge is 0.447 e. The number of β-amino-alcohol motifs (C(OH)–C–C–N with tert-alkyl or cyclic N) is 1. The normalized spacial score (nSPS) is 20.6. The first-order valence-corrected chi connectivity index (χ1v) is 8.85. The molecule has 0 aromatic carbocycles. The van der Waals surface area contributed by atoms with Crippen LogP contribution in [0.4, 0.5) is 0 Å². The predicted octanol–water partition coefficient (Wildman–Crippen LogP) is 0.704. The molecule has 0 spiro atoms. The van der Waals surface area contributed by atoms with Crippen molar-refractivity contribution in [3.8, 4) is 0 Å². The summed E-state index contributed by atoms with van der Waals surface area (Å²) in [6, 6.07) is 0. The highest BCUT2D eigenvalue weighted by atomic mass is 16.3. The van der Waals surface area contributed by atoms with E-state index in [0.29, 0.717) is 25.5 Å². The van der Waals surface area contributed by atoms with Gasteiger partial charge in [0, 0.05) is 26.1 Å². The van der Waals surface area contributed by atoms with E-state index in [0.717, 1.165) is 43.9 Å². The molecular formula is C17H23N5O3. The zero-order valence-corrected chi connectivity index (χ0v) is 14.1. The lowest BCUT2D eigenvalue weighted by atomic mass is 10.1. The molecule has 25 heavy (non-hydrogen) atoms. The molecule has 2 aromatic heterocycles. The zero-order chi connectivity index (χ0) is 17.2. The summed E-state index contributed by atoms with van der Waals surface area (Å²) in [5.74, 6) is 1.36. The number of aryl methyl sites for hydroxylation is 1. The third-order valence-corrected chi connectivity index (χ3v) is 4.87. The smallest absolute Gasteiger partial charge is 0.273 e. The van der Waals surface area contributed by atoms with Gasteiger partial charge in [0.05, 0.1) is 31.1 Å². The van der Waals surface area contributed by atoms with Crippen LogP contribution in [0.25, 0.3) is 0 Å². The van der Waals surface area contributed by atoms with Crippen molar-refractivity contribution in [1.29, 1.82) is 0 Å². The van der Waals surface area contributed by atoms with E-state index in [9.17, 15) is 9.90 Å². The number of likely N-dealkylation sites (tertiary alicyclic amines) is 1. The van der Waals surface area contributed by atoms with Gasteiger partial charge in [0.2, 0.25) is 5.89 Å². The Morgan fingerprint density at radius 1 is 1.40 bits per heavy atom. The maximum absolute atomic E-state index is 12.3. The number of nitrogens with one attached hydrogen (secondary N) is 1. The molecule has 0 unspecified atom stereocenters. The number of hydrogen-bond acceptors (Lipinski definition) is 6. The van der Waals surface area contributed by atoms with Gasteiger partial charge in [0.25, 0.3) is 5.91 Å². The van der Waals surface area contributed by atoms with Gasteiger partial charge < -0.3 is 19.4 Å². The van der Waals surface area contributed by atoms with Crippen LogP contribution in [0.5, 0.6) is 0 Å². The number of carbonyl (C=O) groups excluding carboxylic acids is 1. The molecule has 2 aliphatic rings. The van der Waals surface area contributed by atoms with Crippen LogP contribution in [0.3, 0.4) is 0 Å². The van der Waals surface area contributed by atoms with Crippen molar-refractivity contribution in [1.82, 2.24) is 24.8 Å². The Balaban J connectivity index is 1.33. The summed E-state index contributed by atoms with van der Waals surface area (Å²) < 4.78 is 7.59. The van der Waals surface area contributed by atoms with E-state index in [4.69, 9.17) is 4.42 Å². The van der Waals surface area contributed by atoms with Crippen LogP contribution in [0.15, 0.2) is 16.9 Å². The summed E-state index contributed by atoms with van der Waals surface area (Å²) in [4.78, 5) is 23.0. The number of hydrogen-bond donors (Lipinski definition) is 2. The highest BCUT2D eigenvalue weighted by Gasteiger charge is 2.22. The number of nitrogens with zero attached hydrogens (tertiary/aromatic N) is 4. The van der Waals surface area contributed by atoms with Crippen molar-refractivity contribution >= 4 is 5.91 Å². The molecule has 0 radical (unpaired) electrons. The number of aliphatic hydroxyl groups excluding tert-OH is 1. The number of aliphatic hydroxyl groups is 1. The third-order valence-electron chi connectivity index (χ3n) is 4.87. The summed E-state index contributed by atoms with van der Waals surface area (Å²) in [5.41, 5.74) is 1.31. The summed E-state index contributed by atoms with van der Waals surface area (Å²) in [6.45, 7) is 3.36. The van der Waals surface area contributed by atoms with Gasteiger partial charge in [0.15, 0.2) is 5.69 Å². The van der Waals surface area contributed by atoms with Crippen LogP contribution in [-0.2, 0) is 26.1 Å². The van der Waals surface area contributed by atoms with Gasteiger partial charge in [-0.1, -0.05) is 0 Å². The minimum atomic E-state index is -0.278. The first-order chi connectivity index (χ1) is 12.2. The Labute approximate surface area is 145 Å². The van der Waals surface area contributed by atoms with E-state index < -0.39 is 0 Å². The summed E-state index contributed by atoms with van der Waals surface area (Å²) in [5, 5.41) is 12.4. The third kappa shape index (κ3) is 3.59. The Kier molecular flexibility index (Phi) is 4.54. The zero-order valence-electron chi connectivity index (χ0n) is 14.1. The molecule has 0 aliphatic carbocycles. The molecule has 4 rings (SSSR count). The van der Waals surface area contributed by atoms with E-state index in [2.05, 4.69) is 24.8 Å². The van der Waals surface area contributed by atoms with Crippen molar-refractivity contribution in [3.05, 3.63) is 35.6 Å². The van der Waals surface area contributed by atoms with E-state index in [1.54, 1.807) is 0 Å². The molecule has 1 atom stereocenters. The number of imidazole rings is 1. The first kappa shape index (κ1) is 16.3. The molecule has 2 N–H and O–H groups in total. The number of fused-ring (bicyclic) bond motifs is 1. The fraction of sp³-hybridized carbons (Fsp3) is 0.588. The Hall–Kier alpha value is -2.19. The maximum Gasteiger partial charge on any atom is 0.273 e. The van der Waals surface area contributed by atoms with Gasteiger partial charge in [-0.2, -0.15) is 0 Å². The molecule has 134 valence electrons. The van der Waals surface area contributed by atoms with Crippen molar-refractivity contribution in [3.63, 3.8) is 0 Å². The molecule has 2 aliphatic heterocycles. The molecule has 8 heteroatoms. The van der Waals surface area contributed by atoms with Gasteiger partial charge >= 0.3 is 0 Å². The van der Waals surface area contributed by atoms with Gasteiger partial charge in [-0.3, -0.25) is 9.69 Å². The highest BCUT2D eigenvalue weighted by molar-refractivity contribution is 5.91. The number of amides is 1. The average molecular weight is 345 g/mol. The Morgan fingerprint density at radius 3 is 3.16 bits per heavy atom. The molecule has 1 amide bonds. The standard InChI is InChI=1S/C17H23N5O3/c23-13-4-6-21(9-13)10-16-20-14(11-25-16)17(24)19-8-12-7-18-15-3-1-2-5-22(12)15/h7,11,13,23H,1-6,8-10H2,(H,19,24)/t13-/m0/s1. The predicted molar refractivity (Wildman–Crippen MR) is 88.7 cm³/mol. The van der Waals surface area contributed by atoms with Gasteiger partial charge in [-0.25, -0.2) is 9.97 Å². The molecule has 0 saturated carbocycles. The quantitative estimate of drug-likeness (QED) is 0.828. The molecule has 0 bridgehead atoms.